The molecule has 23 heavy (non-hydrogen) atoms. The molecule has 1 fully saturated rings. The molecule has 2 rings (SSSR count). The van der Waals surface area contributed by atoms with Gasteiger partial charge in [0.1, 0.15) is 0 Å². The molecule has 1 aromatic rings. The molecule has 8 heteroatoms. The zero-order chi connectivity index (χ0) is 15.9. The maximum absolute atomic E-state index is 12.1. The van der Waals surface area contributed by atoms with E-state index in [-0.39, 0.29) is 30.0 Å². The quantitative estimate of drug-likeness (QED) is 0.449. The van der Waals surface area contributed by atoms with E-state index in [1.54, 1.807) is 12.1 Å². The highest BCUT2D eigenvalue weighted by Crippen LogP contribution is 2.18. The van der Waals surface area contributed by atoms with Crippen molar-refractivity contribution in [3.8, 4) is 0 Å². The lowest BCUT2D eigenvalue weighted by Crippen LogP contribution is -2.39. The van der Waals surface area contributed by atoms with Crippen LogP contribution < -0.4 is 11.1 Å². The molecule has 7 nitrogen and oxygen atoms in total. The van der Waals surface area contributed by atoms with Crippen LogP contribution in [-0.2, 0) is 4.79 Å². The molecule has 1 saturated heterocycles. The number of hydrogen-bond donors (Lipinski definition) is 2. The van der Waals surface area contributed by atoms with E-state index in [2.05, 4.69) is 5.32 Å². The van der Waals surface area contributed by atoms with Gasteiger partial charge in [-0.2, -0.15) is 0 Å². The van der Waals surface area contributed by atoms with E-state index in [0.29, 0.717) is 19.5 Å². The summed E-state index contributed by atoms with van der Waals surface area (Å²) in [5, 5.41) is 13.7. The van der Waals surface area contributed by atoms with Crippen LogP contribution in [0.25, 0.3) is 0 Å². The highest BCUT2D eigenvalue weighted by molar-refractivity contribution is 5.85. The van der Waals surface area contributed by atoms with E-state index in [1.165, 1.54) is 12.1 Å². The molecule has 1 aliphatic rings. The summed E-state index contributed by atoms with van der Waals surface area (Å²) in [7, 11) is 0. The number of non-ortho nitro benzene ring substituents is 1. The van der Waals surface area contributed by atoms with Crippen molar-refractivity contribution in [3.63, 3.8) is 0 Å². The number of carbonyl (C=O) groups excluding carboxylic acids is 1. The molecule has 1 unspecified atom stereocenters. The Labute approximate surface area is 141 Å². The lowest BCUT2D eigenvalue weighted by atomic mass is 10.2. The number of carbonyl (C=O) groups is 1. The van der Waals surface area contributed by atoms with Crippen LogP contribution in [0.15, 0.2) is 24.3 Å². The number of nitrogens with one attached hydrogen (secondary N) is 1. The number of amides is 1. The summed E-state index contributed by atoms with van der Waals surface area (Å²) in [6, 6.07) is 6.47. The molecular weight excluding hydrogens is 320 g/mol. The molecule has 0 aromatic heterocycles. The lowest BCUT2D eigenvalue weighted by molar-refractivity contribution is -0.384. The average molecular weight is 343 g/mol. The summed E-state index contributed by atoms with van der Waals surface area (Å²) in [6.45, 7) is 2.01. The van der Waals surface area contributed by atoms with Crippen molar-refractivity contribution >= 4 is 29.7 Å². The number of nitrogens with two attached hydrogens (primary N) is 1. The van der Waals surface area contributed by atoms with Gasteiger partial charge in [0.05, 0.1) is 4.92 Å². The Kier molecular flexibility index (Phi) is 7.77. The molecule has 1 heterocycles. The van der Waals surface area contributed by atoms with E-state index < -0.39 is 4.92 Å². The normalized spacial score (nSPS) is 16.7. The van der Waals surface area contributed by atoms with E-state index in [1.807, 2.05) is 4.90 Å². The Hall–Kier alpha value is -1.86. The molecule has 1 aromatic carbocycles. The number of halogens is 1. The number of anilines is 1. The van der Waals surface area contributed by atoms with E-state index in [4.69, 9.17) is 5.73 Å². The molecule has 3 N–H and O–H groups in total. The van der Waals surface area contributed by atoms with Gasteiger partial charge in [-0.25, -0.2) is 0 Å². The van der Waals surface area contributed by atoms with Gasteiger partial charge in [0.15, 0.2) is 0 Å². The van der Waals surface area contributed by atoms with E-state index >= 15 is 0 Å². The zero-order valence-electron chi connectivity index (χ0n) is 12.9. The molecule has 0 aliphatic carbocycles. The third-order valence-electron chi connectivity index (χ3n) is 3.94. The minimum atomic E-state index is -0.424. The van der Waals surface area contributed by atoms with Crippen LogP contribution in [0.3, 0.4) is 0 Å². The zero-order valence-corrected chi connectivity index (χ0v) is 13.8. The largest absolute Gasteiger partial charge is 0.385 e. The van der Waals surface area contributed by atoms with Crippen LogP contribution in [0.2, 0.25) is 0 Å². The van der Waals surface area contributed by atoms with E-state index in [9.17, 15) is 14.9 Å². The third-order valence-corrected chi connectivity index (χ3v) is 3.94. The monoisotopic (exact) mass is 342 g/mol. The first kappa shape index (κ1) is 19.2. The number of hydrogen-bond acceptors (Lipinski definition) is 5. The van der Waals surface area contributed by atoms with Crippen LogP contribution in [0.5, 0.6) is 0 Å². The van der Waals surface area contributed by atoms with Crippen LogP contribution in [-0.4, -0.2) is 41.4 Å². The van der Waals surface area contributed by atoms with Gasteiger partial charge in [0.25, 0.3) is 5.69 Å². The average Bonchev–Trinajstić information content (AvgIpc) is 3.00. The fraction of sp³-hybridized carbons (Fsp3) is 0.533. The number of nitro groups is 1. The second-order valence-corrected chi connectivity index (χ2v) is 5.45. The van der Waals surface area contributed by atoms with Crippen molar-refractivity contribution in [3.05, 3.63) is 34.4 Å². The summed E-state index contributed by atoms with van der Waals surface area (Å²) >= 11 is 0. The second-order valence-electron chi connectivity index (χ2n) is 5.45. The molecule has 128 valence electrons. The maximum Gasteiger partial charge on any atom is 0.269 e. The topological polar surface area (TPSA) is 102 Å². The third kappa shape index (κ3) is 5.37. The Bertz CT molecular complexity index is 524. The van der Waals surface area contributed by atoms with E-state index in [0.717, 1.165) is 31.5 Å². The summed E-state index contributed by atoms with van der Waals surface area (Å²) in [5.74, 6) is 0.165. The molecule has 1 atom stereocenters. The predicted octanol–water partition coefficient (Wildman–Crippen LogP) is 2.16. The fourth-order valence-corrected chi connectivity index (χ4v) is 2.73. The molecule has 0 bridgehead atoms. The molecule has 1 aliphatic heterocycles. The van der Waals surface area contributed by atoms with Crippen LogP contribution in [0, 0.1) is 10.1 Å². The van der Waals surface area contributed by atoms with Crippen LogP contribution >= 0.6 is 12.4 Å². The molecule has 0 saturated carbocycles. The van der Waals surface area contributed by atoms with Crippen molar-refractivity contribution in [1.82, 2.24) is 4.90 Å². The lowest BCUT2D eigenvalue weighted by Gasteiger charge is -2.23. The molecule has 0 radical (unpaired) electrons. The maximum atomic E-state index is 12.1. The fourth-order valence-electron chi connectivity index (χ4n) is 2.73. The van der Waals surface area contributed by atoms with Crippen molar-refractivity contribution < 1.29 is 9.72 Å². The van der Waals surface area contributed by atoms with Crippen molar-refractivity contribution in [2.24, 2.45) is 5.73 Å². The van der Waals surface area contributed by atoms with Gasteiger partial charge in [-0.15, -0.1) is 12.4 Å². The highest BCUT2D eigenvalue weighted by Gasteiger charge is 2.26. The minimum Gasteiger partial charge on any atom is -0.385 e. The van der Waals surface area contributed by atoms with Gasteiger partial charge >= 0.3 is 0 Å². The van der Waals surface area contributed by atoms with Gasteiger partial charge in [-0.1, -0.05) is 0 Å². The summed E-state index contributed by atoms with van der Waals surface area (Å²) < 4.78 is 0. The first-order valence-corrected chi connectivity index (χ1v) is 7.59. The van der Waals surface area contributed by atoms with Gasteiger partial charge in [-0.05, 0) is 31.4 Å². The van der Waals surface area contributed by atoms with Gasteiger partial charge in [-0.3, -0.25) is 14.9 Å². The second kappa shape index (κ2) is 9.32. The number of nitro benzene ring substituents is 1. The predicted molar refractivity (Wildman–Crippen MR) is 91.9 cm³/mol. The number of rotatable bonds is 7. The summed E-state index contributed by atoms with van der Waals surface area (Å²) in [5.41, 5.74) is 6.56. The van der Waals surface area contributed by atoms with Crippen molar-refractivity contribution in [2.45, 2.75) is 31.7 Å². The standard InChI is InChI=1S/C15H22N4O3.ClH/c16-11-14-3-2-10-18(14)15(20)4-1-9-17-12-5-7-13(8-6-12)19(21)22;/h5-8,14,17H,1-4,9-11,16H2;1H. The van der Waals surface area contributed by atoms with Crippen molar-refractivity contribution in [1.29, 1.82) is 0 Å². The molecule has 0 spiro atoms. The van der Waals surface area contributed by atoms with Crippen LogP contribution in [0.4, 0.5) is 11.4 Å². The van der Waals surface area contributed by atoms with Crippen molar-refractivity contribution in [2.75, 3.05) is 25.0 Å². The highest BCUT2D eigenvalue weighted by atomic mass is 35.5. The Morgan fingerprint density at radius 1 is 1.39 bits per heavy atom. The Morgan fingerprint density at radius 3 is 2.70 bits per heavy atom. The molecular formula is C15H23ClN4O3. The smallest absolute Gasteiger partial charge is 0.269 e. The first-order valence-electron chi connectivity index (χ1n) is 7.59. The Morgan fingerprint density at radius 2 is 2.09 bits per heavy atom. The molecule has 1 amide bonds. The Balaban J connectivity index is 0.00000264. The number of nitrogens with zero attached hydrogens (tertiary/aromatic N) is 2. The number of benzene rings is 1. The number of likely N-dealkylation sites (tertiary alicyclic amines) is 1. The van der Waals surface area contributed by atoms with Gasteiger partial charge < -0.3 is 16.0 Å². The minimum absolute atomic E-state index is 0. The summed E-state index contributed by atoms with van der Waals surface area (Å²) in [6.07, 6.45) is 3.26. The van der Waals surface area contributed by atoms with Gasteiger partial charge in [0, 0.05) is 49.9 Å². The SMILES string of the molecule is Cl.NCC1CCCN1C(=O)CCCNc1ccc([N+](=O)[O-])cc1. The van der Waals surface area contributed by atoms with Crippen LogP contribution in [0.1, 0.15) is 25.7 Å². The summed E-state index contributed by atoms with van der Waals surface area (Å²) in [4.78, 5) is 24.1. The first-order chi connectivity index (χ1) is 10.6. The van der Waals surface area contributed by atoms with Gasteiger partial charge in [0.2, 0.25) is 5.91 Å².